The second-order valence-electron chi connectivity index (χ2n) is 9.87. The normalized spacial score (nSPS) is 18.0. The summed E-state index contributed by atoms with van der Waals surface area (Å²) in [6.07, 6.45) is 3.51. The molecule has 0 bridgehead atoms. The van der Waals surface area contributed by atoms with Gasteiger partial charge >= 0.3 is 0 Å². The summed E-state index contributed by atoms with van der Waals surface area (Å²) in [5.41, 5.74) is 5.87. The van der Waals surface area contributed by atoms with Crippen molar-refractivity contribution in [2.24, 2.45) is 0 Å². The Kier molecular flexibility index (Phi) is 5.60. The van der Waals surface area contributed by atoms with Crippen LogP contribution in [0.4, 0.5) is 5.69 Å². The summed E-state index contributed by atoms with van der Waals surface area (Å²) in [6, 6.07) is 12.3. The van der Waals surface area contributed by atoms with Crippen molar-refractivity contribution in [3.8, 4) is 0 Å². The quantitative estimate of drug-likeness (QED) is 0.494. The molecule has 8 heteroatoms. The Morgan fingerprint density at radius 3 is 2.54 bits per heavy atom. The third-order valence-electron chi connectivity index (χ3n) is 7.54. The highest BCUT2D eigenvalue weighted by atomic mass is 16.2. The topological polar surface area (TPSA) is 81.2 Å². The van der Waals surface area contributed by atoms with Crippen LogP contribution in [0.1, 0.15) is 40.6 Å². The van der Waals surface area contributed by atoms with E-state index >= 15 is 0 Å². The van der Waals surface area contributed by atoms with Crippen LogP contribution < -0.4 is 4.90 Å². The highest BCUT2D eigenvalue weighted by Gasteiger charge is 2.27. The zero-order valence-corrected chi connectivity index (χ0v) is 20.4. The number of H-pyrrole nitrogens is 1. The maximum Gasteiger partial charge on any atom is 0.253 e. The fourth-order valence-electron chi connectivity index (χ4n) is 5.46. The lowest BCUT2D eigenvalue weighted by atomic mass is 9.90. The van der Waals surface area contributed by atoms with Gasteiger partial charge in [-0.3, -0.25) is 4.79 Å². The highest BCUT2D eigenvalue weighted by molar-refractivity contribution is 5.97. The monoisotopic (exact) mass is 469 g/mol. The molecule has 2 aliphatic rings. The molecule has 0 unspecified atom stereocenters. The Hall–Kier alpha value is -3.52. The summed E-state index contributed by atoms with van der Waals surface area (Å²) >= 11 is 0. The second-order valence-corrected chi connectivity index (χ2v) is 9.87. The number of hydrogen-bond donors (Lipinski definition) is 1. The van der Waals surface area contributed by atoms with Gasteiger partial charge in [0.15, 0.2) is 0 Å². The molecule has 2 fully saturated rings. The summed E-state index contributed by atoms with van der Waals surface area (Å²) < 4.78 is 0. The van der Waals surface area contributed by atoms with Crippen LogP contribution in [0.3, 0.4) is 0 Å². The molecule has 180 valence electrons. The van der Waals surface area contributed by atoms with Crippen molar-refractivity contribution in [1.82, 2.24) is 29.7 Å². The minimum atomic E-state index is 0.0852. The first kappa shape index (κ1) is 22.0. The summed E-state index contributed by atoms with van der Waals surface area (Å²) in [6.45, 7) is 7.64. The predicted molar refractivity (Wildman–Crippen MR) is 138 cm³/mol. The van der Waals surface area contributed by atoms with Crippen molar-refractivity contribution in [2.45, 2.75) is 25.7 Å². The number of anilines is 1. The molecular formula is C27H31N7O. The lowest BCUT2D eigenvalue weighted by Gasteiger charge is -2.34. The fourth-order valence-corrected chi connectivity index (χ4v) is 5.46. The van der Waals surface area contributed by atoms with E-state index in [4.69, 9.17) is 4.98 Å². The molecule has 2 aromatic carbocycles. The standard InChI is InChI=1S/C27H31N7O/c1-18-30-23-6-3-20(15-25(23)31-18)27(35)34-9-7-19(8-10-34)26-22-5-4-21(16-24(22)28-17-29-26)33-13-11-32(2)12-14-33/h3-6,15-17,19H,7-14H2,1-2H3,(H,30,31). The van der Waals surface area contributed by atoms with Crippen LogP contribution in [0.5, 0.6) is 0 Å². The Morgan fingerprint density at radius 2 is 1.74 bits per heavy atom. The van der Waals surface area contributed by atoms with E-state index in [0.29, 0.717) is 11.5 Å². The van der Waals surface area contributed by atoms with Crippen LogP contribution in [-0.2, 0) is 0 Å². The maximum atomic E-state index is 13.2. The lowest BCUT2D eigenvalue weighted by molar-refractivity contribution is 0.0712. The first-order valence-corrected chi connectivity index (χ1v) is 12.5. The summed E-state index contributed by atoms with van der Waals surface area (Å²) in [5, 5.41) is 1.13. The SMILES string of the molecule is Cc1nc2ccc(C(=O)N3CCC(c4ncnc5cc(N6CCN(C)CC6)ccc45)CC3)cc2[nH]1. The van der Waals surface area contributed by atoms with Gasteiger partial charge in [0.1, 0.15) is 12.2 Å². The molecule has 2 saturated heterocycles. The molecule has 0 radical (unpaired) electrons. The molecule has 1 N–H and O–H groups in total. The number of aryl methyl sites for hydroxylation is 1. The van der Waals surface area contributed by atoms with Crippen molar-refractivity contribution in [3.63, 3.8) is 0 Å². The number of piperidine rings is 1. The number of rotatable bonds is 3. The minimum absolute atomic E-state index is 0.0852. The number of hydrogen-bond acceptors (Lipinski definition) is 6. The summed E-state index contributed by atoms with van der Waals surface area (Å²) in [7, 11) is 2.18. The highest BCUT2D eigenvalue weighted by Crippen LogP contribution is 2.33. The van der Waals surface area contributed by atoms with E-state index in [1.54, 1.807) is 6.33 Å². The van der Waals surface area contributed by atoms with Gasteiger partial charge in [0.2, 0.25) is 0 Å². The number of carbonyl (C=O) groups excluding carboxylic acids is 1. The molecule has 2 aromatic heterocycles. The van der Waals surface area contributed by atoms with E-state index in [-0.39, 0.29) is 5.91 Å². The van der Waals surface area contributed by atoms with Crippen LogP contribution in [-0.4, -0.2) is 82.0 Å². The van der Waals surface area contributed by atoms with Crippen molar-refractivity contribution in [2.75, 3.05) is 51.2 Å². The summed E-state index contributed by atoms with van der Waals surface area (Å²) in [5.74, 6) is 1.27. The van der Waals surface area contributed by atoms with Gasteiger partial charge in [0, 0.05) is 61.8 Å². The van der Waals surface area contributed by atoms with Crippen LogP contribution >= 0.6 is 0 Å². The third kappa shape index (κ3) is 4.23. The maximum absolute atomic E-state index is 13.2. The van der Waals surface area contributed by atoms with Crippen LogP contribution in [0, 0.1) is 6.92 Å². The Bertz CT molecular complexity index is 1380. The molecule has 0 spiro atoms. The number of aromatic nitrogens is 4. The van der Waals surface area contributed by atoms with Gasteiger partial charge in [-0.2, -0.15) is 0 Å². The third-order valence-corrected chi connectivity index (χ3v) is 7.54. The second kappa shape index (κ2) is 8.92. The van der Waals surface area contributed by atoms with Crippen molar-refractivity contribution in [3.05, 3.63) is 59.8 Å². The first-order valence-electron chi connectivity index (χ1n) is 12.5. The minimum Gasteiger partial charge on any atom is -0.369 e. The Balaban J connectivity index is 1.17. The van der Waals surface area contributed by atoms with E-state index < -0.39 is 0 Å². The van der Waals surface area contributed by atoms with Crippen molar-refractivity contribution < 1.29 is 4.79 Å². The average Bonchev–Trinajstić information content (AvgIpc) is 3.27. The number of carbonyl (C=O) groups is 1. The zero-order chi connectivity index (χ0) is 23.9. The number of aromatic amines is 1. The largest absolute Gasteiger partial charge is 0.369 e. The molecule has 35 heavy (non-hydrogen) atoms. The van der Waals surface area contributed by atoms with Gasteiger partial charge in [-0.1, -0.05) is 0 Å². The van der Waals surface area contributed by atoms with Gasteiger partial charge in [-0.25, -0.2) is 15.0 Å². The molecule has 1 amide bonds. The number of likely N-dealkylation sites (tertiary alicyclic amines) is 1. The number of amides is 1. The van der Waals surface area contributed by atoms with Crippen molar-refractivity contribution in [1.29, 1.82) is 0 Å². The number of imidazole rings is 1. The van der Waals surface area contributed by atoms with Gasteiger partial charge in [-0.05, 0) is 63.2 Å². The van der Waals surface area contributed by atoms with E-state index in [0.717, 1.165) is 85.6 Å². The van der Waals surface area contributed by atoms with Gasteiger partial charge < -0.3 is 19.7 Å². The summed E-state index contributed by atoms with van der Waals surface area (Å²) in [4.78, 5) is 36.9. The molecule has 4 heterocycles. The van der Waals surface area contributed by atoms with Crippen LogP contribution in [0.15, 0.2) is 42.7 Å². The number of benzene rings is 2. The van der Waals surface area contributed by atoms with E-state index in [1.165, 1.54) is 5.69 Å². The molecular weight excluding hydrogens is 438 g/mol. The number of piperazine rings is 1. The molecule has 0 aliphatic carbocycles. The van der Waals surface area contributed by atoms with Gasteiger partial charge in [0.05, 0.1) is 22.2 Å². The first-order chi connectivity index (χ1) is 17.0. The van der Waals surface area contributed by atoms with Crippen LogP contribution in [0.25, 0.3) is 21.9 Å². The molecule has 8 nitrogen and oxygen atoms in total. The van der Waals surface area contributed by atoms with E-state index in [9.17, 15) is 4.79 Å². The fraction of sp³-hybridized carbons (Fsp3) is 0.407. The lowest BCUT2D eigenvalue weighted by Crippen LogP contribution is -2.44. The molecule has 2 aliphatic heterocycles. The number of likely N-dealkylation sites (N-methyl/N-ethyl adjacent to an activating group) is 1. The number of nitrogens with zero attached hydrogens (tertiary/aromatic N) is 6. The predicted octanol–water partition coefficient (Wildman–Crippen LogP) is 3.59. The van der Waals surface area contributed by atoms with Crippen LogP contribution in [0.2, 0.25) is 0 Å². The number of nitrogens with one attached hydrogen (secondary N) is 1. The molecule has 4 aromatic rings. The van der Waals surface area contributed by atoms with E-state index in [1.807, 2.05) is 30.0 Å². The molecule has 6 rings (SSSR count). The van der Waals surface area contributed by atoms with Gasteiger partial charge in [-0.15, -0.1) is 0 Å². The smallest absolute Gasteiger partial charge is 0.253 e. The Labute approximate surface area is 205 Å². The van der Waals surface area contributed by atoms with Crippen molar-refractivity contribution >= 4 is 33.5 Å². The molecule has 0 atom stereocenters. The zero-order valence-electron chi connectivity index (χ0n) is 20.4. The Morgan fingerprint density at radius 1 is 0.943 bits per heavy atom. The van der Waals surface area contributed by atoms with E-state index in [2.05, 4.69) is 50.0 Å². The average molecular weight is 470 g/mol. The van der Waals surface area contributed by atoms with Gasteiger partial charge in [0.25, 0.3) is 5.91 Å². The number of fused-ring (bicyclic) bond motifs is 2. The molecule has 0 saturated carbocycles.